The van der Waals surface area contributed by atoms with E-state index in [9.17, 15) is 0 Å². The fourth-order valence-corrected chi connectivity index (χ4v) is 10.4. The second-order valence-corrected chi connectivity index (χ2v) is 12.5. The highest BCUT2D eigenvalue weighted by molar-refractivity contribution is 7.77. The lowest BCUT2D eigenvalue weighted by Gasteiger charge is -2.41. The highest BCUT2D eigenvalue weighted by Gasteiger charge is 2.48. The van der Waals surface area contributed by atoms with Gasteiger partial charge in [-0.05, 0) is 60.8 Å². The van der Waals surface area contributed by atoms with Crippen LogP contribution in [0.15, 0.2) is 24.3 Å². The molecular formula is C22H42P+. The summed E-state index contributed by atoms with van der Waals surface area (Å²) in [5, 5.41) is 0. The molecule has 1 heteroatoms. The van der Waals surface area contributed by atoms with Gasteiger partial charge in [0, 0.05) is 7.26 Å². The van der Waals surface area contributed by atoms with Crippen LogP contribution < -0.4 is 0 Å². The summed E-state index contributed by atoms with van der Waals surface area (Å²) in [5.41, 5.74) is 5.55. The summed E-state index contributed by atoms with van der Waals surface area (Å²) in [6.07, 6.45) is 5.56. The maximum Gasteiger partial charge on any atom is 0.0672 e. The van der Waals surface area contributed by atoms with E-state index >= 15 is 0 Å². The zero-order chi connectivity index (χ0) is 18.0. The van der Waals surface area contributed by atoms with Crippen LogP contribution in [0.25, 0.3) is 0 Å². The van der Waals surface area contributed by atoms with Gasteiger partial charge in [0.25, 0.3) is 0 Å². The largest absolute Gasteiger partial charge is 0.0672 e. The summed E-state index contributed by atoms with van der Waals surface area (Å²) < 4.78 is 0. The van der Waals surface area contributed by atoms with Gasteiger partial charge in [0.15, 0.2) is 0 Å². The molecule has 0 radical (unpaired) electrons. The van der Waals surface area contributed by atoms with Crippen LogP contribution in [0.1, 0.15) is 78.9 Å². The van der Waals surface area contributed by atoms with E-state index in [2.05, 4.69) is 86.6 Å². The molecular weight excluding hydrogens is 295 g/mol. The van der Waals surface area contributed by atoms with Crippen LogP contribution in [-0.4, -0.2) is 23.1 Å². The second kappa shape index (κ2) is 11.2. The van der Waals surface area contributed by atoms with Gasteiger partial charge >= 0.3 is 0 Å². The standard InChI is InChI=1S/C14H32P.C8H10/c1-8-12(5)15(11-4,13(6)9-2)14(7)10-3;1-7-3-5-8(2)6-4-7/h12-14H,8-11H2,1-7H3;3-6H,1-2H3/q+1;. The fourth-order valence-electron chi connectivity index (χ4n) is 3.89. The van der Waals surface area contributed by atoms with E-state index in [1.54, 1.807) is 0 Å². The predicted molar refractivity (Wildman–Crippen MR) is 113 cm³/mol. The Kier molecular flexibility index (Phi) is 11.1. The molecule has 0 fully saturated rings. The first-order valence-electron chi connectivity index (χ1n) is 9.70. The van der Waals surface area contributed by atoms with Gasteiger partial charge in [-0.1, -0.05) is 56.2 Å². The van der Waals surface area contributed by atoms with Crippen LogP contribution in [0, 0.1) is 13.8 Å². The lowest BCUT2D eigenvalue weighted by atomic mass is 10.2. The molecule has 0 aliphatic rings. The minimum absolute atomic E-state index is 0.750. The molecule has 0 aromatic heterocycles. The van der Waals surface area contributed by atoms with Gasteiger partial charge in [-0.15, -0.1) is 0 Å². The first-order valence-corrected chi connectivity index (χ1v) is 11.9. The minimum atomic E-state index is -0.750. The van der Waals surface area contributed by atoms with Crippen LogP contribution in [0.3, 0.4) is 0 Å². The monoisotopic (exact) mass is 337 g/mol. The molecule has 0 saturated carbocycles. The summed E-state index contributed by atoms with van der Waals surface area (Å²) in [5.74, 6) is 0. The normalized spacial score (nSPS) is 17.4. The average Bonchev–Trinajstić information content (AvgIpc) is 2.58. The molecule has 0 spiro atoms. The highest BCUT2D eigenvalue weighted by atomic mass is 31.2. The van der Waals surface area contributed by atoms with Crippen LogP contribution >= 0.6 is 7.26 Å². The number of aryl methyl sites for hydroxylation is 2. The van der Waals surface area contributed by atoms with Crippen molar-refractivity contribution in [2.24, 2.45) is 0 Å². The molecule has 1 aromatic rings. The van der Waals surface area contributed by atoms with Crippen molar-refractivity contribution >= 4 is 7.26 Å². The minimum Gasteiger partial charge on any atom is -0.0617 e. The van der Waals surface area contributed by atoms with E-state index in [0.717, 1.165) is 17.0 Å². The van der Waals surface area contributed by atoms with Crippen molar-refractivity contribution in [2.45, 2.75) is 98.6 Å². The van der Waals surface area contributed by atoms with Crippen LogP contribution in [0.2, 0.25) is 0 Å². The van der Waals surface area contributed by atoms with E-state index in [0.29, 0.717) is 0 Å². The molecule has 1 rings (SSSR count). The zero-order valence-corrected chi connectivity index (χ0v) is 18.2. The Morgan fingerprint density at radius 1 is 0.652 bits per heavy atom. The highest BCUT2D eigenvalue weighted by Crippen LogP contribution is 2.72. The number of rotatable bonds is 7. The van der Waals surface area contributed by atoms with Gasteiger partial charge in [-0.2, -0.15) is 0 Å². The Balaban J connectivity index is 0.000000502. The average molecular weight is 338 g/mol. The van der Waals surface area contributed by atoms with Crippen LogP contribution in [0.4, 0.5) is 0 Å². The topological polar surface area (TPSA) is 0 Å². The molecule has 0 nitrogen and oxygen atoms in total. The van der Waals surface area contributed by atoms with Crippen LogP contribution in [0.5, 0.6) is 0 Å². The lowest BCUT2D eigenvalue weighted by Crippen LogP contribution is -2.29. The zero-order valence-electron chi connectivity index (χ0n) is 17.3. The molecule has 134 valence electrons. The summed E-state index contributed by atoms with van der Waals surface area (Å²) in [6.45, 7) is 21.3. The van der Waals surface area contributed by atoms with Crippen molar-refractivity contribution in [3.05, 3.63) is 35.4 Å². The van der Waals surface area contributed by atoms with Crippen molar-refractivity contribution < 1.29 is 0 Å². The van der Waals surface area contributed by atoms with Crippen molar-refractivity contribution in [1.82, 2.24) is 0 Å². The molecule has 3 unspecified atom stereocenters. The number of hydrogen-bond acceptors (Lipinski definition) is 0. The molecule has 3 atom stereocenters. The van der Waals surface area contributed by atoms with E-state index in [-0.39, 0.29) is 0 Å². The second-order valence-electron chi connectivity index (χ2n) is 7.24. The molecule has 0 aliphatic carbocycles. The molecule has 0 aliphatic heterocycles. The third-order valence-corrected chi connectivity index (χ3v) is 13.1. The molecule has 0 bridgehead atoms. The van der Waals surface area contributed by atoms with Gasteiger partial charge in [-0.3, -0.25) is 0 Å². The fraction of sp³-hybridized carbons (Fsp3) is 0.727. The quantitative estimate of drug-likeness (QED) is 0.447. The smallest absolute Gasteiger partial charge is 0.0617 e. The van der Waals surface area contributed by atoms with Gasteiger partial charge < -0.3 is 0 Å². The summed E-state index contributed by atoms with van der Waals surface area (Å²) in [4.78, 5) is 0. The summed E-state index contributed by atoms with van der Waals surface area (Å²) >= 11 is 0. The van der Waals surface area contributed by atoms with Crippen molar-refractivity contribution in [2.75, 3.05) is 6.16 Å². The molecule has 0 amide bonds. The Hall–Kier alpha value is -0.350. The first-order chi connectivity index (χ1) is 10.8. The maximum absolute atomic E-state index is 2.51. The van der Waals surface area contributed by atoms with E-state index in [1.807, 2.05) is 0 Å². The van der Waals surface area contributed by atoms with Gasteiger partial charge in [-0.25, -0.2) is 0 Å². The Bertz CT molecular complexity index is 359. The summed E-state index contributed by atoms with van der Waals surface area (Å²) in [6, 6.07) is 8.48. The number of benzene rings is 1. The number of hydrogen-bond donors (Lipinski definition) is 0. The Labute approximate surface area is 147 Å². The van der Waals surface area contributed by atoms with Crippen molar-refractivity contribution in [3.8, 4) is 0 Å². The lowest BCUT2D eigenvalue weighted by molar-refractivity contribution is 0.758. The summed E-state index contributed by atoms with van der Waals surface area (Å²) in [7, 11) is -0.750. The molecule has 0 N–H and O–H groups in total. The van der Waals surface area contributed by atoms with E-state index in [4.69, 9.17) is 0 Å². The maximum atomic E-state index is 2.51. The van der Waals surface area contributed by atoms with E-state index in [1.165, 1.54) is 36.6 Å². The first kappa shape index (κ1) is 22.6. The van der Waals surface area contributed by atoms with Gasteiger partial charge in [0.05, 0.1) is 23.1 Å². The van der Waals surface area contributed by atoms with Gasteiger partial charge in [0.2, 0.25) is 0 Å². The van der Waals surface area contributed by atoms with Crippen molar-refractivity contribution in [3.63, 3.8) is 0 Å². The molecule has 0 heterocycles. The molecule has 1 aromatic carbocycles. The third-order valence-electron chi connectivity index (χ3n) is 6.00. The SMILES string of the molecule is CCC(C)[P+](CC)(C(C)CC)C(C)CC.Cc1ccc(C)cc1. The van der Waals surface area contributed by atoms with E-state index < -0.39 is 7.26 Å². The van der Waals surface area contributed by atoms with Gasteiger partial charge in [0.1, 0.15) is 0 Å². The predicted octanol–water partition coefficient (Wildman–Crippen LogP) is 7.72. The van der Waals surface area contributed by atoms with Crippen molar-refractivity contribution in [1.29, 1.82) is 0 Å². The molecule has 23 heavy (non-hydrogen) atoms. The molecule has 0 saturated heterocycles. The van der Waals surface area contributed by atoms with Crippen LogP contribution in [-0.2, 0) is 0 Å². The Morgan fingerprint density at radius 2 is 0.913 bits per heavy atom. The third kappa shape index (κ3) is 6.22. The Morgan fingerprint density at radius 3 is 1.09 bits per heavy atom.